The molecule has 0 spiro atoms. The quantitative estimate of drug-likeness (QED) is 0.158. The van der Waals surface area contributed by atoms with Crippen LogP contribution in [0.5, 0.6) is 0 Å². The highest BCUT2D eigenvalue weighted by atomic mass is 16.6. The van der Waals surface area contributed by atoms with Crippen LogP contribution < -0.4 is 0 Å². The van der Waals surface area contributed by atoms with Gasteiger partial charge in [-0.15, -0.1) is 0 Å². The fourth-order valence-electron chi connectivity index (χ4n) is 12.2. The van der Waals surface area contributed by atoms with E-state index in [4.69, 9.17) is 28.4 Å². The van der Waals surface area contributed by atoms with Crippen LogP contribution in [0.2, 0.25) is 0 Å². The summed E-state index contributed by atoms with van der Waals surface area (Å²) in [5, 5.41) is 36.5. The first kappa shape index (κ1) is 36.0. The molecular formula is C36H46O15. The van der Waals surface area contributed by atoms with E-state index in [0.29, 0.717) is 0 Å². The van der Waals surface area contributed by atoms with Crippen molar-refractivity contribution in [3.05, 3.63) is 11.8 Å². The van der Waals surface area contributed by atoms with Crippen LogP contribution in [0.4, 0.5) is 0 Å². The van der Waals surface area contributed by atoms with E-state index in [9.17, 15) is 44.1 Å². The molecule has 0 amide bonds. The molecule has 51 heavy (non-hydrogen) atoms. The summed E-state index contributed by atoms with van der Waals surface area (Å²) in [7, 11) is 0. The fraction of sp³-hybridized carbons (Fsp3) is 0.778. The van der Waals surface area contributed by atoms with Crippen LogP contribution in [0.3, 0.4) is 0 Å². The van der Waals surface area contributed by atoms with Crippen molar-refractivity contribution in [3.63, 3.8) is 0 Å². The molecule has 15 heteroatoms. The Morgan fingerprint density at radius 1 is 0.725 bits per heavy atom. The Morgan fingerprint density at radius 3 is 1.82 bits per heavy atom. The summed E-state index contributed by atoms with van der Waals surface area (Å²) in [5.41, 5.74) is -6.76. The highest BCUT2D eigenvalue weighted by molar-refractivity contribution is 5.91. The van der Waals surface area contributed by atoms with E-state index in [-0.39, 0.29) is 12.2 Å². The SMILES string of the molecule is CC(=O)O[C@@H]1[C@H]2[C@H]3[C@H]([C@H](OC(C)=O)[C@H](OC(C)=O)[C@]2(C)[C@@H]2[C@@H]1[C@]1(C)C(=C[C@H]2C)OC(=O)[C@@]1(C)O)[C@]1(C)[C@H](C[C@@H]2O[C@@H]2[C@@H]1OC(C)=O)C(=O)C3(O)O. The third-order valence-corrected chi connectivity index (χ3v) is 14.1. The van der Waals surface area contributed by atoms with Crippen molar-refractivity contribution < 1.29 is 72.5 Å². The maximum Gasteiger partial charge on any atom is 0.343 e. The Bertz CT molecular complexity index is 1660. The third kappa shape index (κ3) is 4.37. The molecule has 0 unspecified atom stereocenters. The van der Waals surface area contributed by atoms with Crippen LogP contribution in [-0.2, 0) is 57.2 Å². The van der Waals surface area contributed by atoms with E-state index in [1.54, 1.807) is 33.8 Å². The average Bonchev–Trinajstić information content (AvgIpc) is 3.68. The Kier molecular flexibility index (Phi) is 7.64. The minimum absolute atomic E-state index is 0.0418. The molecule has 6 fully saturated rings. The molecular weight excluding hydrogens is 672 g/mol. The zero-order valence-electron chi connectivity index (χ0n) is 30.0. The molecule has 2 saturated heterocycles. The first-order valence-electron chi connectivity index (χ1n) is 17.5. The Labute approximate surface area is 294 Å². The molecule has 3 N–H and O–H groups in total. The van der Waals surface area contributed by atoms with Crippen molar-refractivity contribution >= 4 is 35.6 Å². The lowest BCUT2D eigenvalue weighted by Gasteiger charge is -2.66. The predicted molar refractivity (Wildman–Crippen MR) is 167 cm³/mol. The smallest absolute Gasteiger partial charge is 0.343 e. The Balaban J connectivity index is 1.56. The number of ether oxygens (including phenoxy) is 6. The number of epoxide rings is 1. The van der Waals surface area contributed by atoms with E-state index in [0.717, 1.165) is 13.8 Å². The Hall–Kier alpha value is -3.40. The number of fused-ring (bicyclic) bond motifs is 10. The largest absolute Gasteiger partial charge is 0.462 e. The second kappa shape index (κ2) is 10.8. The highest BCUT2D eigenvalue weighted by Crippen LogP contribution is 2.76. The van der Waals surface area contributed by atoms with Gasteiger partial charge >= 0.3 is 29.8 Å². The second-order valence-electron chi connectivity index (χ2n) is 16.6. The molecule has 0 aromatic heterocycles. The molecule has 15 nitrogen and oxygen atoms in total. The van der Waals surface area contributed by atoms with Gasteiger partial charge < -0.3 is 43.7 Å². The summed E-state index contributed by atoms with van der Waals surface area (Å²) >= 11 is 0. The number of carbonyl (C=O) groups is 6. The van der Waals surface area contributed by atoms with Gasteiger partial charge in [0.1, 0.15) is 36.3 Å². The number of ketones is 1. The monoisotopic (exact) mass is 718 g/mol. The molecule has 0 bridgehead atoms. The molecule has 0 aromatic carbocycles. The van der Waals surface area contributed by atoms with E-state index in [1.165, 1.54) is 20.8 Å². The van der Waals surface area contributed by atoms with Gasteiger partial charge in [0.25, 0.3) is 0 Å². The zero-order valence-corrected chi connectivity index (χ0v) is 30.0. The van der Waals surface area contributed by atoms with Gasteiger partial charge in [0.15, 0.2) is 11.4 Å². The molecule has 5 aliphatic carbocycles. The number of Topliss-reactive ketones (excluding diaryl/α,β-unsaturated/α-hetero) is 1. The number of hydrogen-bond donors (Lipinski definition) is 3. The van der Waals surface area contributed by atoms with Crippen LogP contribution in [0, 0.1) is 57.7 Å². The van der Waals surface area contributed by atoms with E-state index in [1.807, 2.05) is 0 Å². The molecule has 2 heterocycles. The van der Waals surface area contributed by atoms with E-state index in [2.05, 4.69) is 0 Å². The first-order chi connectivity index (χ1) is 23.5. The normalized spacial score (nSPS) is 51.1. The van der Waals surface area contributed by atoms with Crippen molar-refractivity contribution in [1.29, 1.82) is 0 Å². The lowest BCUT2D eigenvalue weighted by Crippen LogP contribution is -2.78. The Morgan fingerprint density at radius 2 is 1.25 bits per heavy atom. The van der Waals surface area contributed by atoms with Crippen molar-refractivity contribution in [2.24, 2.45) is 57.7 Å². The predicted octanol–water partition coefficient (Wildman–Crippen LogP) is 0.733. The number of aliphatic hydroxyl groups is 3. The lowest BCUT2D eigenvalue weighted by molar-refractivity contribution is -0.323. The van der Waals surface area contributed by atoms with E-state index >= 15 is 0 Å². The maximum atomic E-state index is 14.6. The molecule has 7 aliphatic rings. The number of allylic oxidation sites excluding steroid dienone is 1. The van der Waals surface area contributed by atoms with Crippen LogP contribution in [0.1, 0.15) is 68.7 Å². The van der Waals surface area contributed by atoms with Crippen molar-refractivity contribution in [1.82, 2.24) is 0 Å². The van der Waals surface area contributed by atoms with Gasteiger partial charge in [-0.1, -0.05) is 20.8 Å². The minimum Gasteiger partial charge on any atom is -0.462 e. The summed E-state index contributed by atoms with van der Waals surface area (Å²) in [6, 6.07) is 0. The topological polar surface area (TPSA) is 222 Å². The van der Waals surface area contributed by atoms with Crippen molar-refractivity contribution in [2.45, 2.75) is 117 Å². The summed E-state index contributed by atoms with van der Waals surface area (Å²) < 4.78 is 35.9. The van der Waals surface area contributed by atoms with Gasteiger partial charge in [0, 0.05) is 68.1 Å². The number of hydrogen-bond acceptors (Lipinski definition) is 15. The molecule has 4 saturated carbocycles. The third-order valence-electron chi connectivity index (χ3n) is 14.1. The fourth-order valence-corrected chi connectivity index (χ4v) is 12.2. The molecule has 0 radical (unpaired) electrons. The molecule has 280 valence electrons. The maximum absolute atomic E-state index is 14.6. The molecule has 2 aliphatic heterocycles. The second-order valence-corrected chi connectivity index (χ2v) is 16.6. The summed E-state index contributed by atoms with van der Waals surface area (Å²) in [6.07, 6.45) is -4.80. The highest BCUT2D eigenvalue weighted by Gasteiger charge is 2.85. The molecule has 17 atom stereocenters. The number of esters is 5. The van der Waals surface area contributed by atoms with Gasteiger partial charge in [-0.25, -0.2) is 4.79 Å². The van der Waals surface area contributed by atoms with Crippen molar-refractivity contribution in [2.75, 3.05) is 0 Å². The number of carbonyl (C=O) groups excluding carboxylic acids is 6. The van der Waals surface area contributed by atoms with Gasteiger partial charge in [0.2, 0.25) is 5.79 Å². The minimum atomic E-state index is -3.15. The van der Waals surface area contributed by atoms with Gasteiger partial charge in [0.05, 0.1) is 11.5 Å². The molecule has 7 rings (SSSR count). The number of rotatable bonds is 4. The van der Waals surface area contributed by atoms with E-state index < -0.39 is 141 Å². The van der Waals surface area contributed by atoms with Crippen molar-refractivity contribution in [3.8, 4) is 0 Å². The van der Waals surface area contributed by atoms with Crippen LogP contribution in [0.15, 0.2) is 11.8 Å². The van der Waals surface area contributed by atoms with Gasteiger partial charge in [-0.2, -0.15) is 0 Å². The van der Waals surface area contributed by atoms with Gasteiger partial charge in [-0.3, -0.25) is 24.0 Å². The molecule has 0 aromatic rings. The first-order valence-corrected chi connectivity index (χ1v) is 17.5. The standard InChI is InChI=1S/C36H46O15/c1-12-10-19-34(8,35(9,43)31(42)51-19)24-20(12)33(7)22(26(24)46-13(2)37)21-23(27(47-14(3)38)30(33)49-16(5)40)32(6)17(28(41)36(21,44)45)11-18-25(50-18)29(32)48-15(4)39/h10,12,17-18,20-27,29-30,43-45H,11H2,1-9H3/t12-,17-,18+,20+,21+,22-,23-,24+,25+,26-,27+,29+,30+,32+,33-,34+,35-/m1/s1. The van der Waals surface area contributed by atoms with Crippen LogP contribution in [0.25, 0.3) is 0 Å². The lowest BCUT2D eigenvalue weighted by atomic mass is 9.40. The summed E-state index contributed by atoms with van der Waals surface area (Å²) in [6.45, 7) is 12.7. The summed E-state index contributed by atoms with van der Waals surface area (Å²) in [4.78, 5) is 79.8. The van der Waals surface area contributed by atoms with Crippen LogP contribution in [-0.4, -0.2) is 99.0 Å². The van der Waals surface area contributed by atoms with Gasteiger partial charge in [-0.05, 0) is 38.2 Å². The average molecular weight is 719 g/mol. The zero-order chi connectivity index (χ0) is 37.7. The summed E-state index contributed by atoms with van der Waals surface area (Å²) in [5.74, 6) is -15.7. The van der Waals surface area contributed by atoms with Crippen LogP contribution >= 0.6 is 0 Å².